The van der Waals surface area contributed by atoms with Crippen molar-refractivity contribution < 1.29 is 24.9 Å². The van der Waals surface area contributed by atoms with Crippen molar-refractivity contribution in [3.8, 4) is 5.75 Å². The lowest BCUT2D eigenvalue weighted by Gasteiger charge is -2.15. The van der Waals surface area contributed by atoms with Gasteiger partial charge in [0.25, 0.3) is 0 Å². The molecule has 0 aliphatic heterocycles. The Balaban J connectivity index is 2.69. The highest BCUT2D eigenvalue weighted by Gasteiger charge is 2.28. The largest absolute Gasteiger partial charge is 0.871 e. The maximum absolute atomic E-state index is 11.7. The maximum atomic E-state index is 11.7. The van der Waals surface area contributed by atoms with Crippen molar-refractivity contribution in [3.63, 3.8) is 0 Å². The molecule has 0 atom stereocenters. The van der Waals surface area contributed by atoms with Crippen molar-refractivity contribution in [1.82, 2.24) is 0 Å². The number of hydrogen-bond donors (Lipinski definition) is 2. The van der Waals surface area contributed by atoms with Gasteiger partial charge in [-0.3, -0.25) is 20.2 Å². The van der Waals surface area contributed by atoms with Crippen molar-refractivity contribution in [2.45, 2.75) is 0 Å². The number of nitrogens with zero attached hydrogens (tertiary/aromatic N) is 2. The number of rotatable bonds is 5. The van der Waals surface area contributed by atoms with Crippen LogP contribution in [0.3, 0.4) is 0 Å². The zero-order chi connectivity index (χ0) is 17.1. The average molecular weight is 318 g/mol. The first-order chi connectivity index (χ1) is 10.8. The van der Waals surface area contributed by atoms with Crippen LogP contribution in [0.15, 0.2) is 36.4 Å². The van der Waals surface area contributed by atoms with Crippen LogP contribution < -0.4 is 10.4 Å². The molecule has 0 saturated carbocycles. The van der Waals surface area contributed by atoms with E-state index < -0.39 is 44.2 Å². The van der Waals surface area contributed by atoms with E-state index in [-0.39, 0.29) is 5.69 Å². The molecule has 118 valence electrons. The standard InChI is InChI=1S/C13H9N3O7/c17-11-4-2-1-3-8(11)14-12-9(15(20)21)5-7(13(18)19)6-10(12)16(22)23/h1-6,14,17H,(H,18,19)/p-1. The van der Waals surface area contributed by atoms with Gasteiger partial charge in [-0.15, -0.1) is 0 Å². The predicted molar refractivity (Wildman–Crippen MR) is 75.9 cm³/mol. The van der Waals surface area contributed by atoms with Crippen molar-refractivity contribution >= 4 is 28.7 Å². The first-order valence-corrected chi connectivity index (χ1v) is 6.04. The lowest BCUT2D eigenvalue weighted by molar-refractivity contribution is -0.392. The molecule has 23 heavy (non-hydrogen) atoms. The first kappa shape index (κ1) is 15.7. The number of anilines is 2. The van der Waals surface area contributed by atoms with E-state index in [9.17, 15) is 30.1 Å². The zero-order valence-electron chi connectivity index (χ0n) is 11.3. The average Bonchev–Trinajstić information content (AvgIpc) is 2.48. The Bertz CT molecular complexity index is 784. The molecule has 10 nitrogen and oxygen atoms in total. The van der Waals surface area contributed by atoms with Crippen LogP contribution in [-0.2, 0) is 0 Å². The van der Waals surface area contributed by atoms with Crippen LogP contribution in [0.25, 0.3) is 0 Å². The molecule has 2 aromatic rings. The number of benzene rings is 2. The summed E-state index contributed by atoms with van der Waals surface area (Å²) in [6, 6.07) is 6.74. The van der Waals surface area contributed by atoms with Gasteiger partial charge >= 0.3 is 17.3 Å². The second-order valence-electron chi connectivity index (χ2n) is 4.33. The minimum atomic E-state index is -1.55. The minimum absolute atomic E-state index is 0.109. The number of nitro groups is 2. The molecule has 2 N–H and O–H groups in total. The molecule has 0 amide bonds. The Kier molecular flexibility index (Phi) is 4.07. The van der Waals surface area contributed by atoms with Gasteiger partial charge in [0.05, 0.1) is 15.4 Å². The summed E-state index contributed by atoms with van der Waals surface area (Å²) >= 11 is 0. The SMILES string of the molecule is O=C(O)c1cc([N+](=O)[O-])c(Nc2ccccc2[O-])c([N+](=O)[O-])c1. The smallest absolute Gasteiger partial charge is 0.336 e. The fraction of sp³-hybridized carbons (Fsp3) is 0. The highest BCUT2D eigenvalue weighted by molar-refractivity contribution is 5.93. The van der Waals surface area contributed by atoms with Crippen LogP contribution in [0.5, 0.6) is 5.75 Å². The molecular weight excluding hydrogens is 310 g/mol. The van der Waals surface area contributed by atoms with E-state index in [1.165, 1.54) is 24.3 Å². The van der Waals surface area contributed by atoms with Crippen LogP contribution in [0.2, 0.25) is 0 Å². The fourth-order valence-corrected chi connectivity index (χ4v) is 1.86. The third-order valence-corrected chi connectivity index (χ3v) is 2.88. The Morgan fingerprint density at radius 1 is 1.04 bits per heavy atom. The number of carboxylic acids is 1. The first-order valence-electron chi connectivity index (χ1n) is 6.04. The lowest BCUT2D eigenvalue weighted by Crippen LogP contribution is -2.07. The van der Waals surface area contributed by atoms with Gasteiger partial charge in [0.15, 0.2) is 5.69 Å². The number of carbonyl (C=O) groups is 1. The quantitative estimate of drug-likeness (QED) is 0.625. The topological polar surface area (TPSA) is 159 Å². The molecule has 0 bridgehead atoms. The van der Waals surface area contributed by atoms with E-state index in [4.69, 9.17) is 5.11 Å². The fourth-order valence-electron chi connectivity index (χ4n) is 1.86. The number of nitrogens with one attached hydrogen (secondary N) is 1. The highest BCUT2D eigenvalue weighted by atomic mass is 16.6. The monoisotopic (exact) mass is 318 g/mol. The van der Waals surface area contributed by atoms with Crippen molar-refractivity contribution in [2.24, 2.45) is 0 Å². The summed E-state index contributed by atoms with van der Waals surface area (Å²) in [6.07, 6.45) is 0. The van der Waals surface area contributed by atoms with E-state index in [2.05, 4.69) is 5.32 Å². The molecular formula is C13H8N3O7-. The van der Waals surface area contributed by atoms with Gasteiger partial charge in [-0.1, -0.05) is 23.9 Å². The van der Waals surface area contributed by atoms with E-state index in [1.807, 2.05) is 0 Å². The Morgan fingerprint density at radius 3 is 2.00 bits per heavy atom. The predicted octanol–water partition coefficient (Wildman–Crippen LogP) is 2.02. The second-order valence-corrected chi connectivity index (χ2v) is 4.33. The Hall–Kier alpha value is -3.69. The van der Waals surface area contributed by atoms with E-state index in [0.29, 0.717) is 12.1 Å². The second kappa shape index (κ2) is 5.97. The highest BCUT2D eigenvalue weighted by Crippen LogP contribution is 2.39. The van der Waals surface area contributed by atoms with Crippen LogP contribution in [0.4, 0.5) is 22.7 Å². The number of para-hydroxylation sites is 2. The molecule has 0 fully saturated rings. The summed E-state index contributed by atoms with van der Waals surface area (Å²) in [6.45, 7) is 0. The van der Waals surface area contributed by atoms with Gasteiger partial charge in [0.1, 0.15) is 0 Å². The third kappa shape index (κ3) is 3.15. The molecule has 0 saturated heterocycles. The molecule has 0 aliphatic carbocycles. The summed E-state index contributed by atoms with van der Waals surface area (Å²) in [5, 5.41) is 45.2. The van der Waals surface area contributed by atoms with Crippen LogP contribution in [0.1, 0.15) is 10.4 Å². The molecule has 0 aromatic heterocycles. The van der Waals surface area contributed by atoms with Crippen LogP contribution in [0, 0.1) is 20.2 Å². The number of carboxylic acid groups (broad SMARTS) is 1. The number of hydrogen-bond acceptors (Lipinski definition) is 7. The number of nitro benzene ring substituents is 2. The van der Waals surface area contributed by atoms with Gasteiger partial charge in [0.2, 0.25) is 0 Å². The summed E-state index contributed by atoms with van der Waals surface area (Å²) in [7, 11) is 0. The molecule has 2 aromatic carbocycles. The molecule has 2 rings (SSSR count). The van der Waals surface area contributed by atoms with E-state index in [0.717, 1.165) is 0 Å². The lowest BCUT2D eigenvalue weighted by atomic mass is 10.1. The number of aromatic carboxylic acids is 1. The third-order valence-electron chi connectivity index (χ3n) is 2.88. The summed E-state index contributed by atoms with van der Waals surface area (Å²) in [5.41, 5.74) is -2.92. The summed E-state index contributed by atoms with van der Waals surface area (Å²) in [4.78, 5) is 31.3. The normalized spacial score (nSPS) is 10.1. The Morgan fingerprint density at radius 2 is 1.57 bits per heavy atom. The van der Waals surface area contributed by atoms with Crippen LogP contribution in [-0.4, -0.2) is 20.9 Å². The van der Waals surface area contributed by atoms with Gasteiger partial charge in [-0.2, -0.15) is 0 Å². The van der Waals surface area contributed by atoms with Gasteiger partial charge in [-0.25, -0.2) is 4.79 Å². The van der Waals surface area contributed by atoms with Crippen molar-refractivity contribution in [1.29, 1.82) is 0 Å². The summed E-state index contributed by atoms with van der Waals surface area (Å²) in [5.74, 6) is -2.08. The van der Waals surface area contributed by atoms with E-state index >= 15 is 0 Å². The summed E-state index contributed by atoms with van der Waals surface area (Å²) < 4.78 is 0. The van der Waals surface area contributed by atoms with Crippen molar-refractivity contribution in [3.05, 3.63) is 62.2 Å². The van der Waals surface area contributed by atoms with Crippen molar-refractivity contribution in [2.75, 3.05) is 5.32 Å². The van der Waals surface area contributed by atoms with Gasteiger partial charge in [-0.05, 0) is 6.07 Å². The molecule has 0 unspecified atom stereocenters. The molecule has 0 spiro atoms. The van der Waals surface area contributed by atoms with E-state index in [1.54, 1.807) is 0 Å². The molecule has 0 heterocycles. The molecule has 0 radical (unpaired) electrons. The van der Waals surface area contributed by atoms with Gasteiger partial charge < -0.3 is 15.5 Å². The molecule has 0 aliphatic rings. The zero-order valence-corrected chi connectivity index (χ0v) is 11.3. The Labute approximate surface area is 127 Å². The minimum Gasteiger partial charge on any atom is -0.871 e. The van der Waals surface area contributed by atoms with Crippen LogP contribution >= 0.6 is 0 Å². The van der Waals surface area contributed by atoms with Gasteiger partial charge in [0, 0.05) is 17.8 Å². The maximum Gasteiger partial charge on any atom is 0.336 e. The molecule has 10 heteroatoms.